The lowest BCUT2D eigenvalue weighted by Crippen LogP contribution is -2.18. The molecule has 158 valence electrons. The highest BCUT2D eigenvalue weighted by atomic mass is 32.1. The maximum Gasteiger partial charge on any atom is 0.230 e. The van der Waals surface area contributed by atoms with Crippen LogP contribution in [0.3, 0.4) is 0 Å². The van der Waals surface area contributed by atoms with E-state index in [2.05, 4.69) is 30.6 Å². The molecule has 9 nitrogen and oxygen atoms in total. The molecule has 1 aliphatic carbocycles. The number of para-hydroxylation sites is 1. The lowest BCUT2D eigenvalue weighted by molar-refractivity contribution is 0.0908. The van der Waals surface area contributed by atoms with Gasteiger partial charge in [0.15, 0.2) is 0 Å². The van der Waals surface area contributed by atoms with Crippen molar-refractivity contribution in [3.8, 4) is 10.6 Å². The molecule has 0 amide bonds. The van der Waals surface area contributed by atoms with Gasteiger partial charge < -0.3 is 20.8 Å². The molecule has 0 bridgehead atoms. The second kappa shape index (κ2) is 8.50. The van der Waals surface area contributed by atoms with Crippen LogP contribution in [0.2, 0.25) is 0 Å². The number of aromatic nitrogens is 5. The van der Waals surface area contributed by atoms with Crippen LogP contribution in [0.1, 0.15) is 12.8 Å². The molecule has 0 saturated heterocycles. The number of anilines is 3. The van der Waals surface area contributed by atoms with Gasteiger partial charge in [-0.1, -0.05) is 12.1 Å². The van der Waals surface area contributed by atoms with E-state index < -0.39 is 6.10 Å². The molecule has 5 rings (SSSR count). The molecule has 31 heavy (non-hydrogen) atoms. The number of rotatable bonds is 6. The lowest BCUT2D eigenvalue weighted by Gasteiger charge is -2.16. The summed E-state index contributed by atoms with van der Waals surface area (Å²) < 4.78 is 1.09. The maximum atomic E-state index is 10.2. The first-order chi connectivity index (χ1) is 15.2. The van der Waals surface area contributed by atoms with Gasteiger partial charge in [-0.15, -0.1) is 11.3 Å². The summed E-state index contributed by atoms with van der Waals surface area (Å²) in [4.78, 5) is 22.0. The van der Waals surface area contributed by atoms with Gasteiger partial charge in [-0.2, -0.15) is 4.98 Å². The first-order valence-electron chi connectivity index (χ1n) is 10.0. The number of thiazole rings is 1. The van der Waals surface area contributed by atoms with Crippen molar-refractivity contribution in [2.75, 3.05) is 17.2 Å². The molecular formula is C21H21N7O2S. The van der Waals surface area contributed by atoms with E-state index in [9.17, 15) is 10.2 Å². The minimum absolute atomic E-state index is 0.0120. The molecule has 1 fully saturated rings. The first-order valence-corrected chi connectivity index (χ1v) is 10.8. The predicted molar refractivity (Wildman–Crippen MR) is 119 cm³/mol. The molecule has 3 aromatic heterocycles. The number of nitrogens with one attached hydrogen (secondary N) is 2. The molecule has 4 aromatic rings. The molecule has 0 spiro atoms. The monoisotopic (exact) mass is 435 g/mol. The van der Waals surface area contributed by atoms with Crippen molar-refractivity contribution in [2.24, 2.45) is 5.92 Å². The fraction of sp³-hybridized carbons (Fsp3) is 0.286. The van der Waals surface area contributed by atoms with Crippen molar-refractivity contribution in [2.45, 2.75) is 25.0 Å². The molecule has 4 N–H and O–H groups in total. The Labute approximate surface area is 182 Å². The standard InChI is InChI=1S/C21H21N7O2S/c29-10-12-7-13(8-16(12)30)25-19-14(20-26-15-3-1-2-4-17(15)31-20)9-23-21(28-19)27-18-5-6-22-11-24-18/h1-6,9,11-13,16,29-30H,7-8,10H2,(H2,22,23,24,25,27,28). The van der Waals surface area contributed by atoms with Crippen LogP contribution in [-0.4, -0.2) is 53.9 Å². The van der Waals surface area contributed by atoms with Gasteiger partial charge in [0.05, 0.1) is 21.9 Å². The topological polar surface area (TPSA) is 129 Å². The van der Waals surface area contributed by atoms with Crippen molar-refractivity contribution < 1.29 is 10.2 Å². The van der Waals surface area contributed by atoms with Crippen molar-refractivity contribution in [1.82, 2.24) is 24.9 Å². The first kappa shape index (κ1) is 19.7. The number of hydrogen-bond acceptors (Lipinski definition) is 10. The van der Waals surface area contributed by atoms with E-state index in [0.717, 1.165) is 20.8 Å². The Hall–Kier alpha value is -3.21. The third kappa shape index (κ3) is 4.18. The van der Waals surface area contributed by atoms with Gasteiger partial charge in [-0.25, -0.2) is 19.9 Å². The Balaban J connectivity index is 1.50. The molecule has 1 aromatic carbocycles. The zero-order valence-electron chi connectivity index (χ0n) is 16.5. The predicted octanol–water partition coefficient (Wildman–Crippen LogP) is 2.83. The average Bonchev–Trinajstić information content (AvgIpc) is 3.37. The van der Waals surface area contributed by atoms with Crippen LogP contribution in [0, 0.1) is 5.92 Å². The summed E-state index contributed by atoms with van der Waals surface area (Å²) in [5.41, 5.74) is 1.71. The van der Waals surface area contributed by atoms with E-state index in [-0.39, 0.29) is 18.6 Å². The van der Waals surface area contributed by atoms with Gasteiger partial charge in [0.25, 0.3) is 0 Å². The van der Waals surface area contributed by atoms with Crippen molar-refractivity contribution in [3.63, 3.8) is 0 Å². The highest BCUT2D eigenvalue weighted by Crippen LogP contribution is 2.36. The number of hydrogen-bond donors (Lipinski definition) is 4. The summed E-state index contributed by atoms with van der Waals surface area (Å²) in [6, 6.07) is 9.69. The van der Waals surface area contributed by atoms with Gasteiger partial charge in [0.1, 0.15) is 23.0 Å². The summed E-state index contributed by atoms with van der Waals surface area (Å²) >= 11 is 1.58. The van der Waals surface area contributed by atoms with Crippen LogP contribution in [0.15, 0.2) is 49.1 Å². The minimum Gasteiger partial charge on any atom is -0.396 e. The third-order valence-electron chi connectivity index (χ3n) is 5.37. The second-order valence-electron chi connectivity index (χ2n) is 7.48. The van der Waals surface area contributed by atoms with Gasteiger partial charge in [-0.05, 0) is 31.0 Å². The van der Waals surface area contributed by atoms with E-state index in [1.54, 1.807) is 29.8 Å². The molecule has 0 aliphatic heterocycles. The van der Waals surface area contributed by atoms with Gasteiger partial charge in [0.2, 0.25) is 5.95 Å². The second-order valence-corrected chi connectivity index (χ2v) is 8.52. The van der Waals surface area contributed by atoms with Gasteiger partial charge >= 0.3 is 0 Å². The van der Waals surface area contributed by atoms with Crippen LogP contribution in [0.25, 0.3) is 20.8 Å². The van der Waals surface area contributed by atoms with Crippen LogP contribution in [0.5, 0.6) is 0 Å². The smallest absolute Gasteiger partial charge is 0.230 e. The molecule has 10 heteroatoms. The van der Waals surface area contributed by atoms with E-state index in [0.29, 0.717) is 30.4 Å². The number of benzene rings is 1. The summed E-state index contributed by atoms with van der Waals surface area (Å²) in [6.45, 7) is -0.0334. The van der Waals surface area contributed by atoms with Crippen LogP contribution in [0.4, 0.5) is 17.6 Å². The Morgan fingerprint density at radius 1 is 1.10 bits per heavy atom. The van der Waals surface area contributed by atoms with E-state index in [1.165, 1.54) is 6.33 Å². The normalized spacial score (nSPS) is 20.8. The van der Waals surface area contributed by atoms with Crippen LogP contribution in [-0.2, 0) is 0 Å². The highest BCUT2D eigenvalue weighted by molar-refractivity contribution is 7.21. The van der Waals surface area contributed by atoms with Crippen molar-refractivity contribution in [3.05, 3.63) is 49.1 Å². The van der Waals surface area contributed by atoms with Gasteiger partial charge in [-0.3, -0.25) is 0 Å². The molecular weight excluding hydrogens is 414 g/mol. The third-order valence-corrected chi connectivity index (χ3v) is 6.44. The summed E-state index contributed by atoms with van der Waals surface area (Å²) in [5, 5.41) is 27.0. The zero-order valence-corrected chi connectivity index (χ0v) is 17.3. The van der Waals surface area contributed by atoms with Crippen LogP contribution < -0.4 is 10.6 Å². The number of aliphatic hydroxyl groups excluding tert-OH is 2. The zero-order chi connectivity index (χ0) is 21.2. The van der Waals surface area contributed by atoms with E-state index >= 15 is 0 Å². The Morgan fingerprint density at radius 2 is 2.00 bits per heavy atom. The van der Waals surface area contributed by atoms with E-state index in [4.69, 9.17) is 4.98 Å². The molecule has 3 unspecified atom stereocenters. The SMILES string of the molecule is OCC1CC(Nc2nc(Nc3ccncn3)ncc2-c2nc3ccccc3s2)CC1O. The van der Waals surface area contributed by atoms with Gasteiger partial charge in [0, 0.05) is 31.0 Å². The number of aliphatic hydroxyl groups is 2. The van der Waals surface area contributed by atoms with Crippen molar-refractivity contribution >= 4 is 39.1 Å². The average molecular weight is 436 g/mol. The minimum atomic E-state index is -0.533. The fourth-order valence-corrected chi connectivity index (χ4v) is 4.76. The summed E-state index contributed by atoms with van der Waals surface area (Å²) in [6.07, 6.45) is 5.50. The van der Waals surface area contributed by atoms with Crippen molar-refractivity contribution in [1.29, 1.82) is 0 Å². The molecule has 1 aliphatic rings. The largest absolute Gasteiger partial charge is 0.396 e. The summed E-state index contributed by atoms with van der Waals surface area (Å²) in [7, 11) is 0. The fourth-order valence-electron chi connectivity index (χ4n) is 3.79. The molecule has 0 radical (unpaired) electrons. The highest BCUT2D eigenvalue weighted by Gasteiger charge is 2.33. The number of fused-ring (bicyclic) bond motifs is 1. The quantitative estimate of drug-likeness (QED) is 0.361. The van der Waals surface area contributed by atoms with E-state index in [1.807, 2.05) is 24.3 Å². The summed E-state index contributed by atoms with van der Waals surface area (Å²) in [5.74, 6) is 1.47. The number of nitrogens with zero attached hydrogens (tertiary/aromatic N) is 5. The Morgan fingerprint density at radius 3 is 2.77 bits per heavy atom. The maximum absolute atomic E-state index is 10.2. The molecule has 3 heterocycles. The van der Waals surface area contributed by atoms with Crippen LogP contribution >= 0.6 is 11.3 Å². The molecule has 3 atom stereocenters. The Kier molecular flexibility index (Phi) is 5.41. The Bertz CT molecular complexity index is 1150. The lowest BCUT2D eigenvalue weighted by atomic mass is 10.1. The molecule has 1 saturated carbocycles.